The highest BCUT2D eigenvalue weighted by Gasteiger charge is 2.11. The molecular formula is C8H9F3N2O. The minimum atomic E-state index is -2.65. The van der Waals surface area contributed by atoms with E-state index in [2.05, 4.69) is 9.72 Å². The normalized spacial score (nSPS) is 10.6. The summed E-state index contributed by atoms with van der Waals surface area (Å²) >= 11 is 0. The summed E-state index contributed by atoms with van der Waals surface area (Å²) in [6.45, 7) is -0.905. The molecule has 0 amide bonds. The first-order valence-corrected chi connectivity index (χ1v) is 3.89. The lowest BCUT2D eigenvalue weighted by molar-refractivity contribution is 0.0772. The summed E-state index contributed by atoms with van der Waals surface area (Å²) in [5.41, 5.74) is 5.39. The smallest absolute Gasteiger partial charge is 0.272 e. The Bertz CT molecular complexity index is 307. The predicted octanol–water partition coefficient (Wildman–Crippen LogP) is 1.32. The molecule has 0 aliphatic heterocycles. The van der Waals surface area contributed by atoms with Gasteiger partial charge >= 0.3 is 0 Å². The van der Waals surface area contributed by atoms with E-state index in [-0.39, 0.29) is 12.1 Å². The SMILES string of the molecule is NCc1ccnc(OCC(F)F)c1F. The first kappa shape index (κ1) is 10.8. The van der Waals surface area contributed by atoms with Gasteiger partial charge in [0.05, 0.1) is 0 Å². The number of nitrogens with two attached hydrogens (primary N) is 1. The van der Waals surface area contributed by atoms with Crippen LogP contribution in [0.5, 0.6) is 5.88 Å². The van der Waals surface area contributed by atoms with Gasteiger partial charge in [-0.3, -0.25) is 0 Å². The maximum Gasteiger partial charge on any atom is 0.272 e. The number of hydrogen-bond acceptors (Lipinski definition) is 3. The average molecular weight is 206 g/mol. The van der Waals surface area contributed by atoms with Gasteiger partial charge in [-0.25, -0.2) is 18.2 Å². The first-order valence-electron chi connectivity index (χ1n) is 3.89. The van der Waals surface area contributed by atoms with E-state index in [0.29, 0.717) is 0 Å². The molecular weight excluding hydrogens is 197 g/mol. The molecule has 0 saturated heterocycles. The Hall–Kier alpha value is -1.30. The van der Waals surface area contributed by atoms with Crippen molar-refractivity contribution in [1.29, 1.82) is 0 Å². The minimum absolute atomic E-state index is 0.0284. The highest BCUT2D eigenvalue weighted by molar-refractivity contribution is 5.23. The summed E-state index contributed by atoms with van der Waals surface area (Å²) in [4.78, 5) is 3.47. The molecule has 0 spiro atoms. The van der Waals surface area contributed by atoms with Gasteiger partial charge in [0.15, 0.2) is 12.4 Å². The second-order valence-corrected chi connectivity index (χ2v) is 2.50. The largest absolute Gasteiger partial charge is 0.470 e. The molecule has 0 atom stereocenters. The van der Waals surface area contributed by atoms with Gasteiger partial charge in [0.1, 0.15) is 0 Å². The summed E-state index contributed by atoms with van der Waals surface area (Å²) in [5, 5.41) is 0. The highest BCUT2D eigenvalue weighted by Crippen LogP contribution is 2.17. The van der Waals surface area contributed by atoms with Crippen molar-refractivity contribution in [3.63, 3.8) is 0 Å². The Morgan fingerprint density at radius 1 is 1.50 bits per heavy atom. The summed E-state index contributed by atoms with van der Waals surface area (Å²) in [5.74, 6) is -1.22. The third-order valence-electron chi connectivity index (χ3n) is 1.50. The van der Waals surface area contributed by atoms with E-state index in [1.54, 1.807) is 0 Å². The van der Waals surface area contributed by atoms with Crippen molar-refractivity contribution in [2.24, 2.45) is 5.73 Å². The van der Waals surface area contributed by atoms with Crippen LogP contribution < -0.4 is 10.5 Å². The van der Waals surface area contributed by atoms with Gasteiger partial charge in [0, 0.05) is 18.3 Å². The van der Waals surface area contributed by atoms with Crippen molar-refractivity contribution in [2.45, 2.75) is 13.0 Å². The monoisotopic (exact) mass is 206 g/mol. The van der Waals surface area contributed by atoms with E-state index in [1.807, 2.05) is 0 Å². The number of alkyl halides is 2. The molecule has 6 heteroatoms. The molecule has 0 unspecified atom stereocenters. The molecule has 78 valence electrons. The van der Waals surface area contributed by atoms with Gasteiger partial charge in [-0.1, -0.05) is 0 Å². The fourth-order valence-corrected chi connectivity index (χ4v) is 0.862. The number of aromatic nitrogens is 1. The van der Waals surface area contributed by atoms with E-state index in [0.717, 1.165) is 0 Å². The zero-order valence-electron chi connectivity index (χ0n) is 7.21. The van der Waals surface area contributed by atoms with Gasteiger partial charge in [-0.05, 0) is 6.07 Å². The van der Waals surface area contributed by atoms with Crippen molar-refractivity contribution in [2.75, 3.05) is 6.61 Å². The van der Waals surface area contributed by atoms with Crippen LogP contribution in [0, 0.1) is 5.82 Å². The number of halogens is 3. The fraction of sp³-hybridized carbons (Fsp3) is 0.375. The van der Waals surface area contributed by atoms with Crippen LogP contribution in [0.2, 0.25) is 0 Å². The van der Waals surface area contributed by atoms with Crippen LogP contribution >= 0.6 is 0 Å². The van der Waals surface area contributed by atoms with Crippen molar-refractivity contribution >= 4 is 0 Å². The second kappa shape index (κ2) is 4.80. The number of hydrogen-bond donors (Lipinski definition) is 1. The highest BCUT2D eigenvalue weighted by atomic mass is 19.3. The van der Waals surface area contributed by atoms with Crippen LogP contribution in [0.15, 0.2) is 12.3 Å². The van der Waals surface area contributed by atoms with Crippen LogP contribution in [0.1, 0.15) is 5.56 Å². The number of pyridine rings is 1. The molecule has 0 saturated carbocycles. The van der Waals surface area contributed by atoms with Crippen LogP contribution in [-0.2, 0) is 6.54 Å². The zero-order chi connectivity index (χ0) is 10.6. The third kappa shape index (κ3) is 2.59. The Balaban J connectivity index is 2.76. The van der Waals surface area contributed by atoms with E-state index in [4.69, 9.17) is 5.73 Å². The summed E-state index contributed by atoms with van der Waals surface area (Å²) in [6.07, 6.45) is -1.40. The zero-order valence-corrected chi connectivity index (χ0v) is 7.21. The van der Waals surface area contributed by atoms with Crippen LogP contribution in [-0.4, -0.2) is 18.0 Å². The maximum atomic E-state index is 13.2. The van der Waals surface area contributed by atoms with Crippen molar-refractivity contribution < 1.29 is 17.9 Å². The van der Waals surface area contributed by atoms with E-state index in [9.17, 15) is 13.2 Å². The fourth-order valence-electron chi connectivity index (χ4n) is 0.862. The molecule has 0 fully saturated rings. The molecule has 0 aliphatic carbocycles. The predicted molar refractivity (Wildman–Crippen MR) is 43.6 cm³/mol. The van der Waals surface area contributed by atoms with Gasteiger partial charge in [0.2, 0.25) is 0 Å². The Kier molecular flexibility index (Phi) is 3.70. The lowest BCUT2D eigenvalue weighted by Gasteiger charge is -2.07. The molecule has 1 heterocycles. The van der Waals surface area contributed by atoms with Crippen LogP contribution in [0.3, 0.4) is 0 Å². The lowest BCUT2D eigenvalue weighted by Crippen LogP contribution is -2.10. The topological polar surface area (TPSA) is 48.1 Å². The molecule has 14 heavy (non-hydrogen) atoms. The van der Waals surface area contributed by atoms with Gasteiger partial charge in [0.25, 0.3) is 12.3 Å². The van der Waals surface area contributed by atoms with Crippen molar-refractivity contribution in [3.8, 4) is 5.88 Å². The molecule has 1 aromatic rings. The molecule has 0 aliphatic rings. The lowest BCUT2D eigenvalue weighted by atomic mass is 10.2. The van der Waals surface area contributed by atoms with E-state index >= 15 is 0 Å². The number of nitrogens with zero attached hydrogens (tertiary/aromatic N) is 1. The standard InChI is InChI=1S/C8H9F3N2O/c9-6(10)4-14-8-7(11)5(3-12)1-2-13-8/h1-2,6H,3-4,12H2. The van der Waals surface area contributed by atoms with Crippen LogP contribution in [0.25, 0.3) is 0 Å². The first-order chi connectivity index (χ1) is 6.65. The summed E-state index contributed by atoms with van der Waals surface area (Å²) < 4.78 is 41.1. The molecule has 1 rings (SSSR count). The molecule has 0 bridgehead atoms. The maximum absolute atomic E-state index is 13.2. The number of rotatable bonds is 4. The second-order valence-electron chi connectivity index (χ2n) is 2.50. The molecule has 3 nitrogen and oxygen atoms in total. The van der Waals surface area contributed by atoms with E-state index in [1.165, 1.54) is 12.3 Å². The Morgan fingerprint density at radius 2 is 2.21 bits per heavy atom. The van der Waals surface area contributed by atoms with Gasteiger partial charge in [-0.15, -0.1) is 0 Å². The van der Waals surface area contributed by atoms with Crippen molar-refractivity contribution in [1.82, 2.24) is 4.98 Å². The van der Waals surface area contributed by atoms with Gasteiger partial charge in [-0.2, -0.15) is 0 Å². The number of ether oxygens (including phenoxy) is 1. The molecule has 0 aromatic carbocycles. The summed E-state index contributed by atoms with van der Waals surface area (Å²) in [6, 6.07) is 1.37. The molecule has 1 aromatic heterocycles. The quantitative estimate of drug-likeness (QED) is 0.808. The van der Waals surface area contributed by atoms with Crippen LogP contribution in [0.4, 0.5) is 13.2 Å². The van der Waals surface area contributed by atoms with Crippen molar-refractivity contribution in [3.05, 3.63) is 23.6 Å². The van der Waals surface area contributed by atoms with E-state index < -0.39 is 24.7 Å². The molecule has 2 N–H and O–H groups in total. The Labute approximate surface area is 78.7 Å². The Morgan fingerprint density at radius 3 is 2.79 bits per heavy atom. The average Bonchev–Trinajstić information content (AvgIpc) is 2.16. The third-order valence-corrected chi connectivity index (χ3v) is 1.50. The van der Waals surface area contributed by atoms with Gasteiger partial charge < -0.3 is 10.5 Å². The minimum Gasteiger partial charge on any atom is -0.470 e. The summed E-state index contributed by atoms with van der Waals surface area (Å²) in [7, 11) is 0. The molecule has 0 radical (unpaired) electrons.